The highest BCUT2D eigenvalue weighted by Crippen LogP contribution is 2.21. The molecule has 148 valence electrons. The fourth-order valence-electron chi connectivity index (χ4n) is 2.39. The molecule has 0 unspecified atom stereocenters. The number of carbonyl (C=O) groups excluding carboxylic acids is 3. The van der Waals surface area contributed by atoms with E-state index in [1.54, 1.807) is 36.4 Å². The molecule has 0 spiro atoms. The molecule has 0 fully saturated rings. The highest BCUT2D eigenvalue weighted by molar-refractivity contribution is 6.34. The molecular weight excluding hydrogens is 380 g/mol. The molecule has 2 N–H and O–H groups in total. The van der Waals surface area contributed by atoms with Gasteiger partial charge in [-0.1, -0.05) is 44.5 Å². The Morgan fingerprint density at radius 2 is 1.75 bits per heavy atom. The lowest BCUT2D eigenvalue weighted by Crippen LogP contribution is -2.34. The molecule has 0 bridgehead atoms. The summed E-state index contributed by atoms with van der Waals surface area (Å²) in [5, 5.41) is 5.87. The molecule has 0 saturated carbocycles. The van der Waals surface area contributed by atoms with Gasteiger partial charge in [-0.25, -0.2) is 4.79 Å². The maximum absolute atomic E-state index is 12.5. The zero-order valence-corrected chi connectivity index (χ0v) is 17.0. The van der Waals surface area contributed by atoms with E-state index in [-0.39, 0.29) is 18.0 Å². The van der Waals surface area contributed by atoms with E-state index in [9.17, 15) is 14.4 Å². The summed E-state index contributed by atoms with van der Waals surface area (Å²) in [6.45, 7) is 5.63. The number of anilines is 1. The lowest BCUT2D eigenvalue weighted by atomic mass is 9.95. The van der Waals surface area contributed by atoms with Crippen LogP contribution in [-0.2, 0) is 16.1 Å². The number of rotatable bonds is 5. The Bertz CT molecular complexity index is 904. The molecule has 0 aromatic heterocycles. The normalized spacial score (nSPS) is 10.9. The van der Waals surface area contributed by atoms with Crippen molar-refractivity contribution in [1.82, 2.24) is 5.32 Å². The number of nitrogens with one attached hydrogen (secondary N) is 2. The quantitative estimate of drug-likeness (QED) is 0.739. The van der Waals surface area contributed by atoms with Crippen LogP contribution in [0.2, 0.25) is 5.02 Å². The average molecular weight is 403 g/mol. The van der Waals surface area contributed by atoms with Crippen molar-refractivity contribution in [2.75, 3.05) is 12.4 Å². The van der Waals surface area contributed by atoms with Crippen molar-refractivity contribution >= 4 is 35.1 Å². The van der Waals surface area contributed by atoms with Gasteiger partial charge in [0.1, 0.15) is 0 Å². The summed E-state index contributed by atoms with van der Waals surface area (Å²) in [7, 11) is 1.28. The third-order valence-corrected chi connectivity index (χ3v) is 4.25. The minimum atomic E-state index is -0.544. The summed E-state index contributed by atoms with van der Waals surface area (Å²) in [4.78, 5) is 36.6. The molecule has 2 aromatic rings. The predicted molar refractivity (Wildman–Crippen MR) is 108 cm³/mol. The van der Waals surface area contributed by atoms with Crippen LogP contribution < -0.4 is 10.6 Å². The van der Waals surface area contributed by atoms with E-state index >= 15 is 0 Å². The van der Waals surface area contributed by atoms with Crippen molar-refractivity contribution in [2.45, 2.75) is 27.3 Å². The van der Waals surface area contributed by atoms with E-state index in [0.29, 0.717) is 21.8 Å². The lowest BCUT2D eigenvalue weighted by molar-refractivity contribution is -0.128. The number of ether oxygens (including phenoxy) is 1. The summed E-state index contributed by atoms with van der Waals surface area (Å²) in [6, 6.07) is 11.5. The first-order valence-corrected chi connectivity index (χ1v) is 9.06. The first kappa shape index (κ1) is 21.4. The van der Waals surface area contributed by atoms with Crippen LogP contribution in [0.4, 0.5) is 5.69 Å². The van der Waals surface area contributed by atoms with E-state index in [1.165, 1.54) is 13.2 Å². The molecule has 0 aliphatic heterocycles. The lowest BCUT2D eigenvalue weighted by Gasteiger charge is -2.18. The highest BCUT2D eigenvalue weighted by atomic mass is 35.5. The molecule has 0 aliphatic rings. The van der Waals surface area contributed by atoms with Gasteiger partial charge in [-0.3, -0.25) is 9.59 Å². The Kier molecular flexibility index (Phi) is 6.80. The second kappa shape index (κ2) is 8.89. The van der Waals surface area contributed by atoms with Crippen LogP contribution in [0.25, 0.3) is 0 Å². The molecule has 2 rings (SSSR count). The van der Waals surface area contributed by atoms with Gasteiger partial charge in [-0.05, 0) is 35.9 Å². The Labute approximate surface area is 169 Å². The van der Waals surface area contributed by atoms with Crippen LogP contribution >= 0.6 is 11.6 Å². The van der Waals surface area contributed by atoms with Crippen molar-refractivity contribution in [3.63, 3.8) is 0 Å². The van der Waals surface area contributed by atoms with Crippen LogP contribution in [0, 0.1) is 5.41 Å². The van der Waals surface area contributed by atoms with Gasteiger partial charge in [0.15, 0.2) is 0 Å². The van der Waals surface area contributed by atoms with Gasteiger partial charge < -0.3 is 15.4 Å². The number of esters is 1. The zero-order valence-electron chi connectivity index (χ0n) is 16.3. The van der Waals surface area contributed by atoms with Gasteiger partial charge in [0.05, 0.1) is 23.3 Å². The molecule has 2 aromatic carbocycles. The highest BCUT2D eigenvalue weighted by Gasteiger charge is 2.21. The van der Waals surface area contributed by atoms with Gasteiger partial charge in [0.25, 0.3) is 5.91 Å². The monoisotopic (exact) mass is 402 g/mol. The molecular formula is C21H23ClN2O4. The molecule has 0 atom stereocenters. The van der Waals surface area contributed by atoms with Crippen LogP contribution in [-0.4, -0.2) is 24.9 Å². The number of amides is 2. The van der Waals surface area contributed by atoms with Gasteiger partial charge in [0, 0.05) is 17.6 Å². The van der Waals surface area contributed by atoms with Crippen molar-refractivity contribution in [2.24, 2.45) is 5.41 Å². The molecule has 28 heavy (non-hydrogen) atoms. The largest absolute Gasteiger partial charge is 0.465 e. The number of hydrogen-bond donors (Lipinski definition) is 2. The average Bonchev–Trinajstić information content (AvgIpc) is 2.64. The van der Waals surface area contributed by atoms with E-state index in [1.807, 2.05) is 20.8 Å². The van der Waals surface area contributed by atoms with Crippen molar-refractivity contribution in [1.29, 1.82) is 0 Å². The standard InChI is InChI=1S/C21H23ClN2O4/c1-21(2,3)20(27)23-12-13-9-14(19(26)28-4)11-15(10-13)24-18(25)16-7-5-6-8-17(16)22/h5-11H,12H2,1-4H3,(H,23,27)(H,24,25). The first-order valence-electron chi connectivity index (χ1n) is 8.68. The molecule has 0 saturated heterocycles. The van der Waals surface area contributed by atoms with Crippen LogP contribution in [0.5, 0.6) is 0 Å². The smallest absolute Gasteiger partial charge is 0.337 e. The first-order chi connectivity index (χ1) is 13.1. The SMILES string of the molecule is COC(=O)c1cc(CNC(=O)C(C)(C)C)cc(NC(=O)c2ccccc2Cl)c1. The number of carbonyl (C=O) groups is 3. The van der Waals surface area contributed by atoms with Gasteiger partial charge in [0.2, 0.25) is 5.91 Å². The van der Waals surface area contributed by atoms with E-state index in [0.717, 1.165) is 0 Å². The number of methoxy groups -OCH3 is 1. The van der Waals surface area contributed by atoms with Crippen LogP contribution in [0.15, 0.2) is 42.5 Å². The van der Waals surface area contributed by atoms with Crippen molar-refractivity contribution in [3.05, 3.63) is 64.2 Å². The summed E-state index contributed by atoms with van der Waals surface area (Å²) in [5.41, 5.74) is 1.08. The number of benzene rings is 2. The summed E-state index contributed by atoms with van der Waals surface area (Å²) >= 11 is 6.07. The van der Waals surface area contributed by atoms with Crippen LogP contribution in [0.1, 0.15) is 47.1 Å². The summed E-state index contributed by atoms with van der Waals surface area (Å²) < 4.78 is 4.77. The second-order valence-corrected chi connectivity index (χ2v) is 7.68. The maximum Gasteiger partial charge on any atom is 0.337 e. The van der Waals surface area contributed by atoms with Crippen LogP contribution in [0.3, 0.4) is 0 Å². The summed E-state index contributed by atoms with van der Waals surface area (Å²) in [5.74, 6) is -1.08. The number of hydrogen-bond acceptors (Lipinski definition) is 4. The molecule has 0 aliphatic carbocycles. The molecule has 6 nitrogen and oxygen atoms in total. The Morgan fingerprint density at radius 3 is 2.36 bits per heavy atom. The number of halogens is 1. The van der Waals surface area contributed by atoms with E-state index < -0.39 is 17.3 Å². The fourth-order valence-corrected chi connectivity index (χ4v) is 2.61. The Morgan fingerprint density at radius 1 is 1.07 bits per heavy atom. The molecule has 0 radical (unpaired) electrons. The third kappa shape index (κ3) is 5.57. The molecule has 7 heteroatoms. The van der Waals surface area contributed by atoms with Gasteiger partial charge in [-0.15, -0.1) is 0 Å². The van der Waals surface area contributed by atoms with E-state index in [2.05, 4.69) is 10.6 Å². The Balaban J connectivity index is 2.28. The second-order valence-electron chi connectivity index (χ2n) is 7.28. The topological polar surface area (TPSA) is 84.5 Å². The summed E-state index contributed by atoms with van der Waals surface area (Å²) in [6.07, 6.45) is 0. The zero-order chi connectivity index (χ0) is 20.9. The molecule has 0 heterocycles. The minimum Gasteiger partial charge on any atom is -0.465 e. The van der Waals surface area contributed by atoms with Gasteiger partial charge in [-0.2, -0.15) is 0 Å². The minimum absolute atomic E-state index is 0.127. The van der Waals surface area contributed by atoms with Crippen molar-refractivity contribution in [3.8, 4) is 0 Å². The van der Waals surface area contributed by atoms with Crippen molar-refractivity contribution < 1.29 is 19.1 Å². The van der Waals surface area contributed by atoms with Gasteiger partial charge >= 0.3 is 5.97 Å². The predicted octanol–water partition coefficient (Wildman–Crippen LogP) is 4.04. The maximum atomic E-state index is 12.5. The fraction of sp³-hybridized carbons (Fsp3) is 0.286. The third-order valence-electron chi connectivity index (χ3n) is 3.92. The molecule has 2 amide bonds. The van der Waals surface area contributed by atoms with E-state index in [4.69, 9.17) is 16.3 Å². The Hall–Kier alpha value is -2.86.